The summed E-state index contributed by atoms with van der Waals surface area (Å²) in [7, 11) is 0. The maximum absolute atomic E-state index is 12.0. The van der Waals surface area contributed by atoms with Crippen LogP contribution in [-0.2, 0) is 19.1 Å². The number of aliphatic hydroxyl groups excluding tert-OH is 2. The summed E-state index contributed by atoms with van der Waals surface area (Å²) in [5, 5.41) is 20.2. The van der Waals surface area contributed by atoms with Gasteiger partial charge in [-0.05, 0) is 49.9 Å². The van der Waals surface area contributed by atoms with Gasteiger partial charge in [-0.1, -0.05) is 25.3 Å². The molecule has 0 amide bonds. The Labute approximate surface area is 187 Å². The van der Waals surface area contributed by atoms with Crippen LogP contribution in [0.3, 0.4) is 0 Å². The molecule has 2 heterocycles. The van der Waals surface area contributed by atoms with Gasteiger partial charge in [0.2, 0.25) is 0 Å². The monoisotopic (exact) mass is 440 g/mol. The minimum Gasteiger partial charge on any atom is -0.462 e. The second kappa shape index (κ2) is 13.1. The van der Waals surface area contributed by atoms with Crippen LogP contribution in [0, 0.1) is 0 Å². The Kier molecular flexibility index (Phi) is 10.2. The summed E-state index contributed by atoms with van der Waals surface area (Å²) >= 11 is 0. The van der Waals surface area contributed by atoms with Crippen molar-refractivity contribution < 1.29 is 29.3 Å². The van der Waals surface area contributed by atoms with Crippen LogP contribution in [0.4, 0.5) is 0 Å². The zero-order chi connectivity index (χ0) is 23.3. The highest BCUT2D eigenvalue weighted by molar-refractivity contribution is 5.89. The SMILES string of the molecule is C=C(C(=O)OCCCCCCOC(=O)C(=C)C(O)c1ccccn1)C(O)c1ccccn1. The van der Waals surface area contributed by atoms with Gasteiger partial charge in [0.15, 0.2) is 0 Å². The van der Waals surface area contributed by atoms with E-state index in [4.69, 9.17) is 9.47 Å². The molecule has 0 aliphatic rings. The topological polar surface area (TPSA) is 119 Å². The van der Waals surface area contributed by atoms with E-state index in [1.165, 1.54) is 12.4 Å². The van der Waals surface area contributed by atoms with E-state index < -0.39 is 24.1 Å². The van der Waals surface area contributed by atoms with Crippen LogP contribution in [0.2, 0.25) is 0 Å². The maximum atomic E-state index is 12.0. The number of unbranched alkanes of at least 4 members (excludes halogenated alkanes) is 3. The highest BCUT2D eigenvalue weighted by Crippen LogP contribution is 2.20. The fraction of sp³-hybridized carbons (Fsp3) is 0.333. The molecule has 0 aliphatic carbocycles. The van der Waals surface area contributed by atoms with Crippen molar-refractivity contribution in [3.63, 3.8) is 0 Å². The molecule has 0 saturated heterocycles. The number of hydrogen-bond donors (Lipinski definition) is 2. The first kappa shape index (κ1) is 24.9. The first-order chi connectivity index (χ1) is 15.4. The van der Waals surface area contributed by atoms with Crippen LogP contribution in [-0.4, -0.2) is 45.3 Å². The minimum atomic E-state index is -1.20. The number of nitrogens with zero attached hydrogens (tertiary/aromatic N) is 2. The predicted molar refractivity (Wildman–Crippen MR) is 117 cm³/mol. The van der Waals surface area contributed by atoms with Crippen LogP contribution in [0.15, 0.2) is 73.1 Å². The molecule has 2 unspecified atom stereocenters. The van der Waals surface area contributed by atoms with Crippen molar-refractivity contribution in [3.8, 4) is 0 Å². The molecule has 170 valence electrons. The Morgan fingerprint density at radius 3 is 1.50 bits per heavy atom. The summed E-state index contributed by atoms with van der Waals surface area (Å²) in [5.74, 6) is -1.33. The summed E-state index contributed by atoms with van der Waals surface area (Å²) in [6.07, 6.45) is 3.40. The smallest absolute Gasteiger partial charge is 0.336 e. The third kappa shape index (κ3) is 7.72. The average molecular weight is 440 g/mol. The molecular weight excluding hydrogens is 412 g/mol. The van der Waals surface area contributed by atoms with Gasteiger partial charge in [0, 0.05) is 12.4 Å². The van der Waals surface area contributed by atoms with Crippen molar-refractivity contribution in [1.29, 1.82) is 0 Å². The molecule has 0 spiro atoms. The van der Waals surface area contributed by atoms with Gasteiger partial charge in [0.25, 0.3) is 0 Å². The number of esters is 2. The summed E-state index contributed by atoms with van der Waals surface area (Å²) in [4.78, 5) is 32.0. The molecule has 0 fully saturated rings. The molecule has 2 aromatic rings. The number of carbonyl (C=O) groups is 2. The Morgan fingerprint density at radius 1 is 0.750 bits per heavy atom. The molecule has 2 N–H and O–H groups in total. The van der Waals surface area contributed by atoms with Crippen LogP contribution < -0.4 is 0 Å². The third-order valence-corrected chi connectivity index (χ3v) is 4.63. The van der Waals surface area contributed by atoms with E-state index in [2.05, 4.69) is 23.1 Å². The quantitative estimate of drug-likeness (QED) is 0.277. The molecule has 0 aliphatic heterocycles. The number of aliphatic hydroxyl groups is 2. The van der Waals surface area contributed by atoms with Crippen molar-refractivity contribution in [2.45, 2.75) is 37.9 Å². The molecule has 0 saturated carbocycles. The lowest BCUT2D eigenvalue weighted by Gasteiger charge is -2.13. The third-order valence-electron chi connectivity index (χ3n) is 4.63. The summed E-state index contributed by atoms with van der Waals surface area (Å²) < 4.78 is 10.3. The van der Waals surface area contributed by atoms with Gasteiger partial charge in [-0.2, -0.15) is 0 Å². The Bertz CT molecular complexity index is 826. The van der Waals surface area contributed by atoms with E-state index in [0.29, 0.717) is 24.2 Å². The first-order valence-electron chi connectivity index (χ1n) is 10.3. The fourth-order valence-electron chi connectivity index (χ4n) is 2.73. The van der Waals surface area contributed by atoms with Crippen LogP contribution >= 0.6 is 0 Å². The highest BCUT2D eigenvalue weighted by Gasteiger charge is 2.21. The molecule has 0 aromatic carbocycles. The summed E-state index contributed by atoms with van der Waals surface area (Å²) in [6, 6.07) is 10.0. The Morgan fingerprint density at radius 2 is 1.16 bits per heavy atom. The molecule has 2 atom stereocenters. The number of hydrogen-bond acceptors (Lipinski definition) is 8. The fourth-order valence-corrected chi connectivity index (χ4v) is 2.73. The second-order valence-corrected chi connectivity index (χ2v) is 7.05. The van der Waals surface area contributed by atoms with Crippen LogP contribution in [0.5, 0.6) is 0 Å². The number of aromatic nitrogens is 2. The second-order valence-electron chi connectivity index (χ2n) is 7.05. The van der Waals surface area contributed by atoms with Gasteiger partial charge < -0.3 is 19.7 Å². The molecule has 8 nitrogen and oxygen atoms in total. The number of pyridine rings is 2. The standard InChI is InChI=1S/C24H28N2O6/c1-17(21(27)19-11-5-7-13-25-19)23(29)31-15-9-3-4-10-16-32-24(30)18(2)22(28)20-12-6-8-14-26-20/h5-8,11-14,21-22,27-28H,1-4,9-10,15-16H2. The van der Waals surface area contributed by atoms with Gasteiger partial charge in [0.1, 0.15) is 12.2 Å². The normalized spacial score (nSPS) is 12.4. The summed E-state index contributed by atoms with van der Waals surface area (Å²) in [5.41, 5.74) is 0.533. The van der Waals surface area contributed by atoms with Gasteiger partial charge in [-0.15, -0.1) is 0 Å². The van der Waals surface area contributed by atoms with E-state index >= 15 is 0 Å². The highest BCUT2D eigenvalue weighted by atomic mass is 16.5. The zero-order valence-electron chi connectivity index (χ0n) is 17.9. The summed E-state index contributed by atoms with van der Waals surface area (Å²) in [6.45, 7) is 7.57. The van der Waals surface area contributed by atoms with E-state index in [1.807, 2.05) is 0 Å². The van der Waals surface area contributed by atoms with E-state index in [9.17, 15) is 19.8 Å². The maximum Gasteiger partial charge on any atom is 0.336 e. The molecule has 8 heteroatoms. The Hall–Kier alpha value is -3.36. The van der Waals surface area contributed by atoms with E-state index in [0.717, 1.165) is 12.8 Å². The van der Waals surface area contributed by atoms with Gasteiger partial charge >= 0.3 is 11.9 Å². The lowest BCUT2D eigenvalue weighted by atomic mass is 10.1. The van der Waals surface area contributed by atoms with Crippen molar-refractivity contribution in [2.24, 2.45) is 0 Å². The Balaban J connectivity index is 1.55. The van der Waals surface area contributed by atoms with Crippen molar-refractivity contribution in [1.82, 2.24) is 9.97 Å². The van der Waals surface area contributed by atoms with Crippen molar-refractivity contribution in [2.75, 3.05) is 13.2 Å². The largest absolute Gasteiger partial charge is 0.462 e. The molecular formula is C24H28N2O6. The van der Waals surface area contributed by atoms with Gasteiger partial charge in [-0.25, -0.2) is 9.59 Å². The molecule has 0 radical (unpaired) electrons. The molecule has 0 bridgehead atoms. The van der Waals surface area contributed by atoms with E-state index in [1.54, 1.807) is 36.4 Å². The van der Waals surface area contributed by atoms with Crippen molar-refractivity contribution >= 4 is 11.9 Å². The number of ether oxygens (including phenoxy) is 2. The number of carbonyl (C=O) groups excluding carboxylic acids is 2. The van der Waals surface area contributed by atoms with Crippen LogP contribution in [0.1, 0.15) is 49.3 Å². The van der Waals surface area contributed by atoms with Crippen LogP contribution in [0.25, 0.3) is 0 Å². The van der Waals surface area contributed by atoms with Gasteiger partial charge in [-0.3, -0.25) is 9.97 Å². The molecule has 2 rings (SSSR count). The van der Waals surface area contributed by atoms with Crippen molar-refractivity contribution in [3.05, 3.63) is 84.5 Å². The molecule has 32 heavy (non-hydrogen) atoms. The number of rotatable bonds is 13. The van der Waals surface area contributed by atoms with E-state index in [-0.39, 0.29) is 24.4 Å². The minimum absolute atomic E-state index is 0.0660. The first-order valence-corrected chi connectivity index (χ1v) is 10.3. The average Bonchev–Trinajstić information content (AvgIpc) is 2.84. The lowest BCUT2D eigenvalue weighted by molar-refractivity contribution is -0.141. The van der Waals surface area contributed by atoms with Gasteiger partial charge in [0.05, 0.1) is 35.7 Å². The lowest BCUT2D eigenvalue weighted by Crippen LogP contribution is -2.15. The molecule has 2 aromatic heterocycles. The zero-order valence-corrected chi connectivity index (χ0v) is 17.9. The predicted octanol–water partition coefficient (Wildman–Crippen LogP) is 3.00.